The van der Waals surface area contributed by atoms with Crippen molar-refractivity contribution in [1.29, 1.82) is 0 Å². The van der Waals surface area contributed by atoms with Crippen LogP contribution in [0.2, 0.25) is 0 Å². The molecule has 5 rings (SSSR count). The average Bonchev–Trinajstić information content (AvgIpc) is 3.03. The van der Waals surface area contributed by atoms with E-state index in [1.165, 1.54) is 41.8 Å². The molecule has 6 heteroatoms. The lowest BCUT2D eigenvalue weighted by Gasteiger charge is -2.33. The lowest BCUT2D eigenvalue weighted by Crippen LogP contribution is -2.36. The number of hydrogen-bond donors (Lipinski definition) is 0. The normalized spacial score (nSPS) is 20.0. The molecule has 6 nitrogen and oxygen atoms in total. The van der Waals surface area contributed by atoms with Crippen LogP contribution < -0.4 is 4.90 Å². The van der Waals surface area contributed by atoms with Crippen molar-refractivity contribution >= 4 is 11.5 Å². The minimum Gasteiger partial charge on any atom is -0.359 e. The Hall–Kier alpha value is -2.47. The molecule has 3 aromatic rings. The van der Waals surface area contributed by atoms with E-state index in [9.17, 15) is 0 Å². The summed E-state index contributed by atoms with van der Waals surface area (Å²) in [5.74, 6) is 2.60. The Bertz CT molecular complexity index is 1080. The molecule has 2 aliphatic heterocycles. The van der Waals surface area contributed by atoms with Gasteiger partial charge in [0.25, 0.3) is 0 Å². The van der Waals surface area contributed by atoms with E-state index in [1.807, 2.05) is 0 Å². The highest BCUT2D eigenvalue weighted by Crippen LogP contribution is 2.31. The number of hydrogen-bond acceptors (Lipinski definition) is 5. The molecule has 2 aliphatic rings. The highest BCUT2D eigenvalue weighted by Gasteiger charge is 2.27. The Kier molecular flexibility index (Phi) is 4.97. The number of fused-ring (bicyclic) bond motifs is 2. The molecule has 3 aromatic heterocycles. The third-order valence-corrected chi connectivity index (χ3v) is 6.82. The summed E-state index contributed by atoms with van der Waals surface area (Å²) >= 11 is 0. The van der Waals surface area contributed by atoms with Crippen LogP contribution in [0.15, 0.2) is 18.3 Å². The Labute approximate surface area is 179 Å². The van der Waals surface area contributed by atoms with Crippen molar-refractivity contribution < 1.29 is 0 Å². The van der Waals surface area contributed by atoms with Gasteiger partial charge in [-0.1, -0.05) is 0 Å². The standard InChI is InChI=1S/C24H32N6/c1-16-9-12-30-21(18(3)25-22(30)13-16)15-29-11-5-7-19(14-29)23-26-17(2)20-8-6-10-28(4)24(20)27-23/h9,12-13,19H,5-8,10-11,14-15H2,1-4H3/t19-/m0/s1. The number of likely N-dealkylation sites (tertiary alicyclic amines) is 1. The lowest BCUT2D eigenvalue weighted by atomic mass is 9.96. The number of pyridine rings is 1. The van der Waals surface area contributed by atoms with Crippen LogP contribution in [0.3, 0.4) is 0 Å². The van der Waals surface area contributed by atoms with Crippen LogP contribution in [0.25, 0.3) is 5.65 Å². The van der Waals surface area contributed by atoms with Crippen LogP contribution in [0, 0.1) is 20.8 Å². The van der Waals surface area contributed by atoms with Gasteiger partial charge in [0.05, 0.1) is 11.4 Å². The van der Waals surface area contributed by atoms with E-state index in [0.29, 0.717) is 5.92 Å². The molecule has 0 radical (unpaired) electrons. The van der Waals surface area contributed by atoms with Gasteiger partial charge in [-0.3, -0.25) is 4.90 Å². The van der Waals surface area contributed by atoms with Crippen LogP contribution in [-0.4, -0.2) is 50.9 Å². The quantitative estimate of drug-likeness (QED) is 0.664. The fourth-order valence-electron chi connectivity index (χ4n) is 5.12. The van der Waals surface area contributed by atoms with Gasteiger partial charge in [-0.25, -0.2) is 15.0 Å². The molecule has 0 N–H and O–H groups in total. The summed E-state index contributed by atoms with van der Waals surface area (Å²) in [7, 11) is 2.16. The minimum absolute atomic E-state index is 0.403. The molecule has 0 aromatic carbocycles. The smallest absolute Gasteiger partial charge is 0.137 e. The van der Waals surface area contributed by atoms with Gasteiger partial charge in [0.15, 0.2) is 0 Å². The van der Waals surface area contributed by atoms with Crippen LogP contribution in [0.5, 0.6) is 0 Å². The molecule has 1 fully saturated rings. The van der Waals surface area contributed by atoms with Gasteiger partial charge in [0.1, 0.15) is 17.3 Å². The van der Waals surface area contributed by atoms with Gasteiger partial charge in [-0.2, -0.15) is 0 Å². The maximum atomic E-state index is 5.06. The summed E-state index contributed by atoms with van der Waals surface area (Å²) in [5, 5.41) is 0. The highest BCUT2D eigenvalue weighted by molar-refractivity contribution is 5.50. The van der Waals surface area contributed by atoms with Gasteiger partial charge < -0.3 is 9.30 Å². The first-order valence-corrected chi connectivity index (χ1v) is 11.2. The second kappa shape index (κ2) is 7.65. The predicted molar refractivity (Wildman–Crippen MR) is 120 cm³/mol. The van der Waals surface area contributed by atoms with Crippen molar-refractivity contribution in [1.82, 2.24) is 24.3 Å². The zero-order valence-corrected chi connectivity index (χ0v) is 18.6. The monoisotopic (exact) mass is 404 g/mol. The molecular formula is C24H32N6. The molecule has 30 heavy (non-hydrogen) atoms. The zero-order valence-electron chi connectivity index (χ0n) is 18.6. The second-order valence-electron chi connectivity index (χ2n) is 9.14. The van der Waals surface area contributed by atoms with E-state index in [-0.39, 0.29) is 0 Å². The first-order chi connectivity index (χ1) is 14.5. The summed E-state index contributed by atoms with van der Waals surface area (Å²) in [6, 6.07) is 4.33. The Balaban J connectivity index is 1.39. The molecule has 1 atom stereocenters. The van der Waals surface area contributed by atoms with Gasteiger partial charge in [-0.05, 0) is 70.7 Å². The Morgan fingerprint density at radius 1 is 1.03 bits per heavy atom. The zero-order chi connectivity index (χ0) is 20.8. The summed E-state index contributed by atoms with van der Waals surface area (Å²) in [6.45, 7) is 10.6. The van der Waals surface area contributed by atoms with Crippen LogP contribution in [0.1, 0.15) is 59.2 Å². The fourth-order valence-corrected chi connectivity index (χ4v) is 5.12. The number of aryl methyl sites for hydroxylation is 3. The van der Waals surface area contributed by atoms with E-state index < -0.39 is 0 Å². The number of aromatic nitrogens is 4. The first kappa shape index (κ1) is 19.5. The highest BCUT2D eigenvalue weighted by atomic mass is 15.2. The van der Waals surface area contributed by atoms with E-state index in [1.54, 1.807) is 0 Å². The lowest BCUT2D eigenvalue weighted by molar-refractivity contribution is 0.193. The molecule has 0 amide bonds. The summed E-state index contributed by atoms with van der Waals surface area (Å²) in [4.78, 5) is 19.7. The Morgan fingerprint density at radius 3 is 2.77 bits per heavy atom. The second-order valence-corrected chi connectivity index (χ2v) is 9.14. The number of nitrogens with zero attached hydrogens (tertiary/aromatic N) is 6. The third-order valence-electron chi connectivity index (χ3n) is 6.82. The van der Waals surface area contributed by atoms with Crippen LogP contribution >= 0.6 is 0 Å². The van der Waals surface area contributed by atoms with E-state index in [2.05, 4.69) is 60.3 Å². The van der Waals surface area contributed by atoms with Crippen molar-refractivity contribution in [3.63, 3.8) is 0 Å². The molecule has 0 aliphatic carbocycles. The average molecular weight is 405 g/mol. The molecule has 1 saturated heterocycles. The minimum atomic E-state index is 0.403. The van der Waals surface area contributed by atoms with Crippen molar-refractivity contribution in [3.8, 4) is 0 Å². The van der Waals surface area contributed by atoms with Crippen LogP contribution in [-0.2, 0) is 13.0 Å². The largest absolute Gasteiger partial charge is 0.359 e. The van der Waals surface area contributed by atoms with E-state index in [0.717, 1.165) is 55.6 Å². The van der Waals surface area contributed by atoms with Gasteiger partial charge >= 0.3 is 0 Å². The maximum absolute atomic E-state index is 5.06. The molecule has 0 saturated carbocycles. The molecule has 0 spiro atoms. The fraction of sp³-hybridized carbons (Fsp3) is 0.542. The van der Waals surface area contributed by atoms with Crippen molar-refractivity contribution in [3.05, 3.63) is 52.4 Å². The summed E-state index contributed by atoms with van der Waals surface area (Å²) in [5.41, 5.74) is 7.25. The van der Waals surface area contributed by atoms with E-state index in [4.69, 9.17) is 15.0 Å². The van der Waals surface area contributed by atoms with Crippen LogP contribution in [0.4, 0.5) is 5.82 Å². The van der Waals surface area contributed by atoms with Gasteiger partial charge in [0, 0.05) is 50.1 Å². The molecular weight excluding hydrogens is 372 g/mol. The SMILES string of the molecule is Cc1ccn2c(CN3CCC[C@H](c4nc(C)c5c(n4)N(C)CCC5)C3)c(C)nc2c1. The number of anilines is 1. The Morgan fingerprint density at radius 2 is 1.90 bits per heavy atom. The molecule has 0 bridgehead atoms. The van der Waals surface area contributed by atoms with Gasteiger partial charge in [-0.15, -0.1) is 0 Å². The molecule has 158 valence electrons. The van der Waals surface area contributed by atoms with Crippen molar-refractivity contribution in [2.45, 2.75) is 58.9 Å². The molecule has 0 unspecified atom stereocenters. The predicted octanol–water partition coefficient (Wildman–Crippen LogP) is 3.81. The van der Waals surface area contributed by atoms with Crippen molar-refractivity contribution in [2.75, 3.05) is 31.6 Å². The van der Waals surface area contributed by atoms with Crippen molar-refractivity contribution in [2.24, 2.45) is 0 Å². The summed E-state index contributed by atoms with van der Waals surface area (Å²) < 4.78 is 2.25. The molecule has 5 heterocycles. The summed E-state index contributed by atoms with van der Waals surface area (Å²) in [6.07, 6.45) is 6.82. The van der Waals surface area contributed by atoms with E-state index >= 15 is 0 Å². The first-order valence-electron chi connectivity index (χ1n) is 11.2. The maximum Gasteiger partial charge on any atom is 0.137 e. The topological polar surface area (TPSA) is 49.6 Å². The number of imidazole rings is 1. The number of rotatable bonds is 3. The number of piperidine rings is 1. The third kappa shape index (κ3) is 3.47. The van der Waals surface area contributed by atoms with Gasteiger partial charge in [0.2, 0.25) is 0 Å².